The van der Waals surface area contributed by atoms with Crippen molar-refractivity contribution in [3.05, 3.63) is 0 Å². The van der Waals surface area contributed by atoms with Gasteiger partial charge in [0.1, 0.15) is 0 Å². The highest BCUT2D eigenvalue weighted by molar-refractivity contribution is 4.64. The Morgan fingerprint density at radius 1 is 1.40 bits per heavy atom. The van der Waals surface area contributed by atoms with Crippen molar-refractivity contribution in [2.75, 3.05) is 52.5 Å². The molecule has 15 heavy (non-hydrogen) atoms. The molecular weight excluding hydrogens is 192 g/mol. The predicted molar refractivity (Wildman–Crippen MR) is 61.0 cm³/mol. The van der Waals surface area contributed by atoms with Crippen LogP contribution in [-0.4, -0.2) is 62.6 Å². The number of nitrogens with one attached hydrogen (secondary N) is 1. The molecule has 1 atom stereocenters. The Morgan fingerprint density at radius 2 is 2.13 bits per heavy atom. The maximum Gasteiger partial charge on any atom is 0.0594 e. The number of rotatable bonds is 7. The normalized spacial score (nSPS) is 20.4. The van der Waals surface area contributed by atoms with Gasteiger partial charge in [-0.25, -0.2) is 0 Å². The van der Waals surface area contributed by atoms with Crippen molar-refractivity contribution in [2.24, 2.45) is 5.92 Å². The van der Waals surface area contributed by atoms with Gasteiger partial charge in [0, 0.05) is 32.8 Å². The van der Waals surface area contributed by atoms with E-state index >= 15 is 0 Å². The van der Waals surface area contributed by atoms with Crippen LogP contribution in [0.5, 0.6) is 0 Å². The third-order valence-electron chi connectivity index (χ3n) is 2.82. The van der Waals surface area contributed by atoms with Crippen molar-refractivity contribution in [1.82, 2.24) is 10.2 Å². The van der Waals surface area contributed by atoms with Gasteiger partial charge in [0.15, 0.2) is 0 Å². The van der Waals surface area contributed by atoms with E-state index in [1.54, 1.807) is 0 Å². The van der Waals surface area contributed by atoms with Crippen LogP contribution in [0, 0.1) is 5.92 Å². The van der Waals surface area contributed by atoms with Crippen LogP contribution in [0.4, 0.5) is 0 Å². The summed E-state index contributed by atoms with van der Waals surface area (Å²) in [4.78, 5) is 2.42. The number of morpholine rings is 1. The van der Waals surface area contributed by atoms with Gasteiger partial charge in [-0.05, 0) is 18.9 Å². The van der Waals surface area contributed by atoms with Gasteiger partial charge in [0.2, 0.25) is 0 Å². The molecular formula is C11H24N2O2. The number of aliphatic hydroxyl groups is 1. The van der Waals surface area contributed by atoms with Crippen LogP contribution >= 0.6 is 0 Å². The highest BCUT2D eigenvalue weighted by Gasteiger charge is 2.09. The van der Waals surface area contributed by atoms with Crippen molar-refractivity contribution in [3.8, 4) is 0 Å². The maximum absolute atomic E-state index is 8.75. The maximum atomic E-state index is 8.75. The zero-order chi connectivity index (χ0) is 10.9. The Labute approximate surface area is 92.6 Å². The van der Waals surface area contributed by atoms with Crippen molar-refractivity contribution >= 4 is 0 Å². The Bertz CT molecular complexity index is 150. The Morgan fingerprint density at radius 3 is 2.80 bits per heavy atom. The molecule has 0 bridgehead atoms. The molecule has 1 heterocycles. The highest BCUT2D eigenvalue weighted by atomic mass is 16.5. The van der Waals surface area contributed by atoms with E-state index in [4.69, 9.17) is 9.84 Å². The van der Waals surface area contributed by atoms with E-state index in [1.807, 2.05) is 0 Å². The lowest BCUT2D eigenvalue weighted by Gasteiger charge is -2.26. The summed E-state index contributed by atoms with van der Waals surface area (Å²) in [5, 5.41) is 12.2. The lowest BCUT2D eigenvalue weighted by atomic mass is 10.1. The van der Waals surface area contributed by atoms with E-state index in [2.05, 4.69) is 17.1 Å². The molecule has 1 aliphatic heterocycles. The number of hydrogen-bond donors (Lipinski definition) is 2. The van der Waals surface area contributed by atoms with Gasteiger partial charge in [-0.2, -0.15) is 0 Å². The van der Waals surface area contributed by atoms with Crippen molar-refractivity contribution in [1.29, 1.82) is 0 Å². The van der Waals surface area contributed by atoms with Crippen LogP contribution in [0.1, 0.15) is 13.3 Å². The van der Waals surface area contributed by atoms with Gasteiger partial charge in [-0.3, -0.25) is 4.90 Å². The molecule has 2 N–H and O–H groups in total. The number of aliphatic hydroxyl groups excluding tert-OH is 1. The van der Waals surface area contributed by atoms with Crippen molar-refractivity contribution < 1.29 is 9.84 Å². The first-order valence-corrected chi connectivity index (χ1v) is 5.94. The Balaban J connectivity index is 1.91. The molecule has 0 spiro atoms. The molecule has 0 aliphatic carbocycles. The first-order chi connectivity index (χ1) is 7.33. The summed E-state index contributed by atoms with van der Waals surface area (Å²) in [5.41, 5.74) is 0. The van der Waals surface area contributed by atoms with Gasteiger partial charge < -0.3 is 15.2 Å². The molecule has 0 saturated carbocycles. The summed E-state index contributed by atoms with van der Waals surface area (Å²) in [5.74, 6) is 0.569. The van der Waals surface area contributed by atoms with Crippen LogP contribution in [0.25, 0.3) is 0 Å². The Kier molecular flexibility index (Phi) is 6.92. The van der Waals surface area contributed by atoms with E-state index in [0.717, 1.165) is 52.4 Å². The molecule has 4 heteroatoms. The molecule has 1 aliphatic rings. The largest absolute Gasteiger partial charge is 0.396 e. The smallest absolute Gasteiger partial charge is 0.0594 e. The minimum absolute atomic E-state index is 0.298. The molecule has 0 aromatic heterocycles. The van der Waals surface area contributed by atoms with Crippen molar-refractivity contribution in [3.63, 3.8) is 0 Å². The molecule has 0 amide bonds. The Hall–Kier alpha value is -0.160. The average molecular weight is 216 g/mol. The van der Waals surface area contributed by atoms with E-state index in [9.17, 15) is 0 Å². The first kappa shape index (κ1) is 12.9. The second-order valence-corrected chi connectivity index (χ2v) is 4.28. The van der Waals surface area contributed by atoms with Crippen LogP contribution in [-0.2, 0) is 4.74 Å². The summed E-state index contributed by atoms with van der Waals surface area (Å²) in [6.45, 7) is 9.49. The first-order valence-electron chi connectivity index (χ1n) is 5.94. The molecule has 4 nitrogen and oxygen atoms in total. The summed E-state index contributed by atoms with van der Waals surface area (Å²) >= 11 is 0. The minimum atomic E-state index is 0.298. The minimum Gasteiger partial charge on any atom is -0.396 e. The molecule has 90 valence electrons. The summed E-state index contributed by atoms with van der Waals surface area (Å²) in [6, 6.07) is 0. The lowest BCUT2D eigenvalue weighted by Crippen LogP contribution is -2.40. The average Bonchev–Trinajstić information content (AvgIpc) is 2.26. The highest BCUT2D eigenvalue weighted by Crippen LogP contribution is 1.98. The molecule has 0 aromatic rings. The third kappa shape index (κ3) is 6.10. The van der Waals surface area contributed by atoms with E-state index in [-0.39, 0.29) is 0 Å². The standard InChI is InChI=1S/C11H24N2O2/c1-11(2-7-14)10-12-3-4-13-5-8-15-9-6-13/h11-12,14H,2-10H2,1H3. The topological polar surface area (TPSA) is 44.7 Å². The van der Waals surface area contributed by atoms with Gasteiger partial charge in [0.25, 0.3) is 0 Å². The van der Waals surface area contributed by atoms with E-state index in [0.29, 0.717) is 12.5 Å². The second-order valence-electron chi connectivity index (χ2n) is 4.28. The van der Waals surface area contributed by atoms with Crippen LogP contribution in [0.3, 0.4) is 0 Å². The molecule has 1 fully saturated rings. The summed E-state index contributed by atoms with van der Waals surface area (Å²) < 4.78 is 5.29. The fourth-order valence-corrected chi connectivity index (χ4v) is 1.73. The lowest BCUT2D eigenvalue weighted by molar-refractivity contribution is 0.0383. The number of ether oxygens (including phenoxy) is 1. The fraction of sp³-hybridized carbons (Fsp3) is 1.00. The molecule has 0 radical (unpaired) electrons. The second kappa shape index (κ2) is 8.05. The van der Waals surface area contributed by atoms with Gasteiger partial charge in [0.05, 0.1) is 13.2 Å². The van der Waals surface area contributed by atoms with Crippen molar-refractivity contribution in [2.45, 2.75) is 13.3 Å². The molecule has 1 rings (SSSR count). The molecule has 0 aromatic carbocycles. The fourth-order valence-electron chi connectivity index (χ4n) is 1.73. The number of hydrogen-bond acceptors (Lipinski definition) is 4. The van der Waals surface area contributed by atoms with Gasteiger partial charge in [-0.1, -0.05) is 6.92 Å². The summed E-state index contributed by atoms with van der Waals surface area (Å²) in [7, 11) is 0. The van der Waals surface area contributed by atoms with Crippen LogP contribution < -0.4 is 5.32 Å². The van der Waals surface area contributed by atoms with Gasteiger partial charge >= 0.3 is 0 Å². The van der Waals surface area contributed by atoms with Crippen LogP contribution in [0.15, 0.2) is 0 Å². The van der Waals surface area contributed by atoms with E-state index in [1.165, 1.54) is 0 Å². The number of nitrogens with zero attached hydrogens (tertiary/aromatic N) is 1. The van der Waals surface area contributed by atoms with E-state index < -0.39 is 0 Å². The summed E-state index contributed by atoms with van der Waals surface area (Å²) in [6.07, 6.45) is 0.893. The molecule has 1 saturated heterocycles. The zero-order valence-electron chi connectivity index (χ0n) is 9.74. The third-order valence-corrected chi connectivity index (χ3v) is 2.82. The molecule has 1 unspecified atom stereocenters. The zero-order valence-corrected chi connectivity index (χ0v) is 9.74. The monoisotopic (exact) mass is 216 g/mol. The van der Waals surface area contributed by atoms with Crippen LogP contribution in [0.2, 0.25) is 0 Å². The van der Waals surface area contributed by atoms with Gasteiger partial charge in [-0.15, -0.1) is 0 Å². The SMILES string of the molecule is CC(CCO)CNCCN1CCOCC1. The quantitative estimate of drug-likeness (QED) is 0.585. The predicted octanol–water partition coefficient (Wildman–Crippen LogP) is -0.0733.